The molecule has 2 aromatic rings. The van der Waals surface area contributed by atoms with Crippen molar-refractivity contribution in [3.63, 3.8) is 0 Å². The summed E-state index contributed by atoms with van der Waals surface area (Å²) >= 11 is 12.8. The lowest BCUT2D eigenvalue weighted by atomic mass is 10.0. The van der Waals surface area contributed by atoms with Crippen LogP contribution in [0.4, 0.5) is 0 Å². The molecule has 0 aromatic heterocycles. The molecule has 27 heavy (non-hydrogen) atoms. The number of benzene rings is 2. The Morgan fingerprint density at radius 3 is 2.74 bits per heavy atom. The van der Waals surface area contributed by atoms with Gasteiger partial charge in [0, 0.05) is 34.3 Å². The van der Waals surface area contributed by atoms with Crippen LogP contribution in [0.1, 0.15) is 30.1 Å². The number of fused-ring (bicyclic) bond motifs is 1. The molecule has 1 fully saturated rings. The topological polar surface area (TPSA) is 47.7 Å². The highest BCUT2D eigenvalue weighted by Gasteiger charge is 2.40. The summed E-state index contributed by atoms with van der Waals surface area (Å²) < 4.78 is 11.8. The zero-order valence-electron chi connectivity index (χ0n) is 15.3. The van der Waals surface area contributed by atoms with Crippen LogP contribution in [0.2, 0.25) is 10.0 Å². The molecule has 2 N–H and O–H groups in total. The molecule has 1 heterocycles. The second kappa shape index (κ2) is 7.88. The normalized spacial score (nSPS) is 25.3. The van der Waals surface area contributed by atoms with Crippen LogP contribution in [0, 0.1) is 0 Å². The third kappa shape index (κ3) is 3.90. The Balaban J connectivity index is 1.69. The highest BCUT2D eigenvalue weighted by Crippen LogP contribution is 2.43. The fourth-order valence-electron chi connectivity index (χ4n) is 4.24. The number of hydrogen-bond donors (Lipinski definition) is 1. The molecule has 1 saturated heterocycles. The number of methoxy groups -OCH3 is 1. The van der Waals surface area contributed by atoms with E-state index < -0.39 is 0 Å². The molecule has 144 valence electrons. The average Bonchev–Trinajstić information content (AvgIpc) is 3.01. The molecule has 0 unspecified atom stereocenters. The highest BCUT2D eigenvalue weighted by molar-refractivity contribution is 6.35. The van der Waals surface area contributed by atoms with Gasteiger partial charge in [-0.1, -0.05) is 29.3 Å². The number of nitrogens with zero attached hydrogens (tertiary/aromatic N) is 1. The van der Waals surface area contributed by atoms with E-state index in [0.29, 0.717) is 10.0 Å². The molecule has 4 nitrogen and oxygen atoms in total. The lowest BCUT2D eigenvalue weighted by molar-refractivity contribution is 0.0592. The first-order valence-electron chi connectivity index (χ1n) is 9.33. The molecule has 1 aliphatic carbocycles. The van der Waals surface area contributed by atoms with Gasteiger partial charge in [0.1, 0.15) is 17.6 Å². The summed E-state index contributed by atoms with van der Waals surface area (Å²) in [7, 11) is 1.65. The van der Waals surface area contributed by atoms with Gasteiger partial charge in [-0.2, -0.15) is 0 Å². The Hall–Kier alpha value is -1.46. The minimum Gasteiger partial charge on any atom is -0.497 e. The van der Waals surface area contributed by atoms with Gasteiger partial charge in [0.05, 0.1) is 13.2 Å². The van der Waals surface area contributed by atoms with Gasteiger partial charge >= 0.3 is 0 Å². The van der Waals surface area contributed by atoms with Crippen LogP contribution >= 0.6 is 23.2 Å². The summed E-state index contributed by atoms with van der Waals surface area (Å²) in [5.41, 5.74) is 8.43. The van der Waals surface area contributed by atoms with Gasteiger partial charge in [-0.25, -0.2) is 0 Å². The number of rotatable bonds is 4. The first-order chi connectivity index (χ1) is 13.0. The summed E-state index contributed by atoms with van der Waals surface area (Å²) in [6.45, 7) is 1.90. The zero-order valence-corrected chi connectivity index (χ0v) is 16.8. The molecule has 2 aliphatic rings. The van der Waals surface area contributed by atoms with Gasteiger partial charge in [0.15, 0.2) is 0 Å². The lowest BCUT2D eigenvalue weighted by Crippen LogP contribution is -2.49. The number of halogens is 2. The van der Waals surface area contributed by atoms with Crippen LogP contribution in [0.3, 0.4) is 0 Å². The third-order valence-corrected chi connectivity index (χ3v) is 6.08. The van der Waals surface area contributed by atoms with Crippen LogP contribution in [0.15, 0.2) is 36.4 Å². The molecule has 0 amide bonds. The first-order valence-corrected chi connectivity index (χ1v) is 10.1. The van der Waals surface area contributed by atoms with E-state index in [1.807, 2.05) is 36.4 Å². The van der Waals surface area contributed by atoms with Crippen molar-refractivity contribution >= 4 is 23.2 Å². The van der Waals surface area contributed by atoms with Crippen molar-refractivity contribution < 1.29 is 9.47 Å². The van der Waals surface area contributed by atoms with E-state index in [9.17, 15) is 0 Å². The summed E-state index contributed by atoms with van der Waals surface area (Å²) in [6.07, 6.45) is 2.87. The van der Waals surface area contributed by atoms with Crippen LogP contribution in [0.25, 0.3) is 0 Å². The van der Waals surface area contributed by atoms with Crippen molar-refractivity contribution in [1.82, 2.24) is 4.90 Å². The van der Waals surface area contributed by atoms with E-state index in [4.69, 9.17) is 38.4 Å². The number of hydrogen-bond acceptors (Lipinski definition) is 4. The van der Waals surface area contributed by atoms with Crippen molar-refractivity contribution in [1.29, 1.82) is 0 Å². The standard InChI is InChI=1S/C21H24Cl2N2O2/c1-26-15-5-2-6-16(10-15)27-21-18-8-13(22)9-19(23)17(18)11-20(21)25-7-3-4-14(24)12-25/h2,5-6,8-10,14,20-21H,3-4,7,11-12,24H2,1H3/t14-,20+,21+/m1/s1. The minimum absolute atomic E-state index is 0.145. The van der Waals surface area contributed by atoms with Crippen molar-refractivity contribution in [2.45, 2.75) is 37.5 Å². The van der Waals surface area contributed by atoms with Crippen LogP contribution in [-0.2, 0) is 6.42 Å². The van der Waals surface area contributed by atoms with E-state index in [0.717, 1.165) is 55.0 Å². The Morgan fingerprint density at radius 2 is 1.96 bits per heavy atom. The van der Waals surface area contributed by atoms with Gasteiger partial charge < -0.3 is 15.2 Å². The molecule has 6 heteroatoms. The molecule has 0 spiro atoms. The predicted molar refractivity (Wildman–Crippen MR) is 109 cm³/mol. The predicted octanol–water partition coefficient (Wildman–Crippen LogP) is 4.47. The van der Waals surface area contributed by atoms with E-state index in [-0.39, 0.29) is 18.2 Å². The Kier molecular flexibility index (Phi) is 5.51. The van der Waals surface area contributed by atoms with Crippen LogP contribution in [-0.4, -0.2) is 37.2 Å². The largest absolute Gasteiger partial charge is 0.497 e. The molecule has 0 bridgehead atoms. The lowest BCUT2D eigenvalue weighted by Gasteiger charge is -2.38. The van der Waals surface area contributed by atoms with E-state index in [1.165, 1.54) is 0 Å². The smallest absolute Gasteiger partial charge is 0.140 e. The van der Waals surface area contributed by atoms with Crippen molar-refractivity contribution in [2.75, 3.05) is 20.2 Å². The van der Waals surface area contributed by atoms with Gasteiger partial charge in [0.2, 0.25) is 0 Å². The minimum atomic E-state index is -0.145. The average molecular weight is 407 g/mol. The SMILES string of the molecule is COc1cccc(O[C@H]2c3cc(Cl)cc(Cl)c3C[C@@H]2N2CCC[C@@H](N)C2)c1. The molecular formula is C21H24Cl2N2O2. The van der Waals surface area contributed by atoms with E-state index in [1.54, 1.807) is 7.11 Å². The number of piperidine rings is 1. The Bertz CT molecular complexity index is 830. The maximum Gasteiger partial charge on any atom is 0.140 e. The monoisotopic (exact) mass is 406 g/mol. The zero-order chi connectivity index (χ0) is 19.0. The molecule has 0 radical (unpaired) electrons. The van der Waals surface area contributed by atoms with Gasteiger partial charge in [-0.3, -0.25) is 4.90 Å². The quantitative estimate of drug-likeness (QED) is 0.813. The summed E-state index contributed by atoms with van der Waals surface area (Å²) in [5, 5.41) is 1.34. The Morgan fingerprint density at radius 1 is 1.15 bits per heavy atom. The van der Waals surface area contributed by atoms with Crippen molar-refractivity contribution in [3.05, 3.63) is 57.6 Å². The molecule has 2 aromatic carbocycles. The van der Waals surface area contributed by atoms with E-state index >= 15 is 0 Å². The third-order valence-electron chi connectivity index (χ3n) is 5.53. The van der Waals surface area contributed by atoms with Crippen molar-refractivity contribution in [2.24, 2.45) is 5.73 Å². The van der Waals surface area contributed by atoms with Crippen LogP contribution < -0.4 is 15.2 Å². The molecule has 1 aliphatic heterocycles. The van der Waals surface area contributed by atoms with Gasteiger partial charge in [0.25, 0.3) is 0 Å². The van der Waals surface area contributed by atoms with Gasteiger partial charge in [-0.15, -0.1) is 0 Å². The molecule has 3 atom stereocenters. The molecular weight excluding hydrogens is 383 g/mol. The van der Waals surface area contributed by atoms with Gasteiger partial charge in [-0.05, 0) is 55.6 Å². The Labute approximate surface area is 170 Å². The summed E-state index contributed by atoms with van der Waals surface area (Å²) in [4.78, 5) is 2.45. The maximum atomic E-state index is 6.52. The van der Waals surface area contributed by atoms with Crippen molar-refractivity contribution in [3.8, 4) is 11.5 Å². The summed E-state index contributed by atoms with van der Waals surface area (Å²) in [5.74, 6) is 1.54. The first kappa shape index (κ1) is 18.9. The number of nitrogens with two attached hydrogens (primary N) is 1. The second-order valence-electron chi connectivity index (χ2n) is 7.34. The van der Waals surface area contributed by atoms with Crippen LogP contribution in [0.5, 0.6) is 11.5 Å². The maximum absolute atomic E-state index is 6.52. The summed E-state index contributed by atoms with van der Waals surface area (Å²) in [6, 6.07) is 11.9. The number of likely N-dealkylation sites (tertiary alicyclic amines) is 1. The number of ether oxygens (including phenoxy) is 2. The molecule has 0 saturated carbocycles. The highest BCUT2D eigenvalue weighted by atomic mass is 35.5. The second-order valence-corrected chi connectivity index (χ2v) is 8.19. The van der Waals surface area contributed by atoms with E-state index in [2.05, 4.69) is 4.90 Å². The fraction of sp³-hybridized carbons (Fsp3) is 0.429. The fourth-order valence-corrected chi connectivity index (χ4v) is 4.83. The molecule has 4 rings (SSSR count).